The number of hydrogen-bond acceptors (Lipinski definition) is 3. The number of anilines is 1. The summed E-state index contributed by atoms with van der Waals surface area (Å²) in [7, 11) is 1.55. The Kier molecular flexibility index (Phi) is 4.32. The quantitative estimate of drug-likeness (QED) is 0.575. The van der Waals surface area contributed by atoms with E-state index in [-0.39, 0.29) is 6.42 Å². The van der Waals surface area contributed by atoms with Crippen LogP contribution in [0.25, 0.3) is 0 Å². The van der Waals surface area contributed by atoms with Crippen LogP contribution in [0.3, 0.4) is 0 Å². The van der Waals surface area contributed by atoms with E-state index in [0.29, 0.717) is 27.2 Å². The zero-order chi connectivity index (χ0) is 19.3. The monoisotopic (exact) mass is 484 g/mol. The van der Waals surface area contributed by atoms with Crippen molar-refractivity contribution < 1.29 is 23.1 Å². The van der Waals surface area contributed by atoms with Gasteiger partial charge < -0.3 is 9.64 Å². The summed E-state index contributed by atoms with van der Waals surface area (Å²) in [5, 5.41) is 0. The molecule has 0 aromatic heterocycles. The van der Waals surface area contributed by atoms with E-state index < -0.39 is 34.8 Å². The lowest BCUT2D eigenvalue weighted by Crippen LogP contribution is -2.62. The molecule has 0 unspecified atom stereocenters. The van der Waals surface area contributed by atoms with E-state index >= 15 is 0 Å². The number of carbonyl (C=O) groups is 2. The molecule has 4 rings (SSSR count). The SMILES string of the molecule is CN1C(=O)N(c2c(F)cc(I)cc2F)C(=O)C[C@]12CCOc1ccccc12. The third kappa shape index (κ3) is 2.69. The van der Waals surface area contributed by atoms with Gasteiger partial charge in [0.15, 0.2) is 11.6 Å². The fraction of sp³-hybridized carbons (Fsp3) is 0.263. The number of para-hydroxylation sites is 1. The molecular weight excluding hydrogens is 469 g/mol. The zero-order valence-corrected chi connectivity index (χ0v) is 16.5. The first-order valence-electron chi connectivity index (χ1n) is 8.33. The second-order valence-corrected chi connectivity index (χ2v) is 7.84. The average Bonchev–Trinajstić information content (AvgIpc) is 2.62. The molecule has 1 saturated heterocycles. The normalized spacial score (nSPS) is 22.1. The fourth-order valence-electron chi connectivity index (χ4n) is 3.83. The van der Waals surface area contributed by atoms with E-state index in [0.717, 1.165) is 17.7 Å². The predicted octanol–water partition coefficient (Wildman–Crippen LogP) is 4.04. The number of carbonyl (C=O) groups excluding carboxylic acids is 2. The van der Waals surface area contributed by atoms with Gasteiger partial charge in [0.25, 0.3) is 0 Å². The molecule has 8 heteroatoms. The highest BCUT2D eigenvalue weighted by Crippen LogP contribution is 2.47. The third-order valence-electron chi connectivity index (χ3n) is 5.18. The van der Waals surface area contributed by atoms with Crippen molar-refractivity contribution in [3.63, 3.8) is 0 Å². The maximum atomic E-state index is 14.4. The van der Waals surface area contributed by atoms with E-state index in [4.69, 9.17) is 4.74 Å². The van der Waals surface area contributed by atoms with E-state index in [1.54, 1.807) is 35.7 Å². The minimum Gasteiger partial charge on any atom is -0.493 e. The first-order valence-corrected chi connectivity index (χ1v) is 9.40. The van der Waals surface area contributed by atoms with E-state index in [2.05, 4.69) is 0 Å². The first-order chi connectivity index (χ1) is 12.8. The highest BCUT2D eigenvalue weighted by atomic mass is 127. The second-order valence-electron chi connectivity index (χ2n) is 6.59. The van der Waals surface area contributed by atoms with Crippen molar-refractivity contribution in [1.82, 2.24) is 4.90 Å². The van der Waals surface area contributed by atoms with Gasteiger partial charge in [-0.2, -0.15) is 0 Å². The Bertz CT molecular complexity index is 945. The van der Waals surface area contributed by atoms with Gasteiger partial charge in [-0.05, 0) is 40.8 Å². The number of hydrogen-bond donors (Lipinski definition) is 0. The Morgan fingerprint density at radius 3 is 2.52 bits per heavy atom. The van der Waals surface area contributed by atoms with Crippen LogP contribution in [-0.4, -0.2) is 30.5 Å². The lowest BCUT2D eigenvalue weighted by atomic mass is 9.78. The number of urea groups is 1. The molecule has 2 aromatic rings. The van der Waals surface area contributed by atoms with Crippen LogP contribution in [0.1, 0.15) is 18.4 Å². The number of imide groups is 1. The van der Waals surface area contributed by atoms with Crippen molar-refractivity contribution in [3.8, 4) is 5.75 Å². The lowest BCUT2D eigenvalue weighted by molar-refractivity contribution is -0.123. The molecule has 0 N–H and O–H groups in total. The molecule has 1 fully saturated rings. The average molecular weight is 484 g/mol. The molecule has 5 nitrogen and oxygen atoms in total. The minimum absolute atomic E-state index is 0.0829. The van der Waals surface area contributed by atoms with Crippen molar-refractivity contribution in [2.24, 2.45) is 0 Å². The molecule has 2 aliphatic heterocycles. The Balaban J connectivity index is 1.81. The number of ether oxygens (including phenoxy) is 1. The summed E-state index contributed by atoms with van der Waals surface area (Å²) in [4.78, 5) is 28.0. The molecule has 1 spiro atoms. The molecule has 1 atom stereocenters. The smallest absolute Gasteiger partial charge is 0.332 e. The first kappa shape index (κ1) is 18.1. The maximum Gasteiger partial charge on any atom is 0.332 e. The Labute approximate surface area is 168 Å². The van der Waals surface area contributed by atoms with Gasteiger partial charge >= 0.3 is 6.03 Å². The van der Waals surface area contributed by atoms with Crippen molar-refractivity contribution in [3.05, 3.63) is 57.2 Å². The number of nitrogens with zero attached hydrogens (tertiary/aromatic N) is 2. The van der Waals surface area contributed by atoms with Crippen molar-refractivity contribution >= 4 is 40.2 Å². The molecule has 0 saturated carbocycles. The molecule has 2 aliphatic rings. The maximum absolute atomic E-state index is 14.4. The summed E-state index contributed by atoms with van der Waals surface area (Å²) in [6.45, 7) is 0.341. The van der Waals surface area contributed by atoms with Crippen LogP contribution in [0, 0.1) is 15.2 Å². The van der Waals surface area contributed by atoms with Gasteiger partial charge in [0.2, 0.25) is 5.91 Å². The van der Waals surface area contributed by atoms with Gasteiger partial charge in [-0.15, -0.1) is 0 Å². The lowest BCUT2D eigenvalue weighted by Gasteiger charge is -2.49. The summed E-state index contributed by atoms with van der Waals surface area (Å²) < 4.78 is 34.8. The van der Waals surface area contributed by atoms with Gasteiger partial charge in [0.1, 0.15) is 11.4 Å². The summed E-state index contributed by atoms with van der Waals surface area (Å²) in [6.07, 6.45) is 0.337. The molecule has 2 heterocycles. The van der Waals surface area contributed by atoms with Crippen LogP contribution in [0.5, 0.6) is 5.75 Å². The molecule has 2 aromatic carbocycles. The summed E-state index contributed by atoms with van der Waals surface area (Å²) in [6, 6.07) is 8.64. The predicted molar refractivity (Wildman–Crippen MR) is 103 cm³/mol. The van der Waals surface area contributed by atoms with Gasteiger partial charge in [0.05, 0.1) is 18.6 Å². The van der Waals surface area contributed by atoms with Crippen molar-refractivity contribution in [2.45, 2.75) is 18.4 Å². The molecule has 140 valence electrons. The van der Waals surface area contributed by atoms with Crippen LogP contribution in [0.4, 0.5) is 19.3 Å². The third-order valence-corrected chi connectivity index (χ3v) is 5.80. The molecule has 0 radical (unpaired) electrons. The van der Waals surface area contributed by atoms with Crippen LogP contribution in [0.15, 0.2) is 36.4 Å². The van der Waals surface area contributed by atoms with Gasteiger partial charge in [-0.1, -0.05) is 18.2 Å². The van der Waals surface area contributed by atoms with Crippen LogP contribution >= 0.6 is 22.6 Å². The summed E-state index contributed by atoms with van der Waals surface area (Å²) in [5.41, 5.74) is -0.800. The summed E-state index contributed by atoms with van der Waals surface area (Å²) >= 11 is 1.77. The van der Waals surface area contributed by atoms with Crippen molar-refractivity contribution in [2.75, 3.05) is 18.6 Å². The number of rotatable bonds is 1. The van der Waals surface area contributed by atoms with Gasteiger partial charge in [-0.25, -0.2) is 18.5 Å². The number of amides is 3. The highest BCUT2D eigenvalue weighted by Gasteiger charge is 2.52. The van der Waals surface area contributed by atoms with Crippen LogP contribution < -0.4 is 9.64 Å². The Morgan fingerprint density at radius 2 is 1.81 bits per heavy atom. The molecule has 0 bridgehead atoms. The zero-order valence-electron chi connectivity index (χ0n) is 14.3. The van der Waals surface area contributed by atoms with E-state index in [9.17, 15) is 18.4 Å². The topological polar surface area (TPSA) is 49.9 Å². The van der Waals surface area contributed by atoms with Crippen LogP contribution in [0.2, 0.25) is 0 Å². The minimum atomic E-state index is -0.946. The Morgan fingerprint density at radius 1 is 1.15 bits per heavy atom. The molecule has 3 amide bonds. The second kappa shape index (κ2) is 6.43. The van der Waals surface area contributed by atoms with E-state index in [1.165, 1.54) is 4.90 Å². The van der Waals surface area contributed by atoms with E-state index in [1.807, 2.05) is 18.2 Å². The highest BCUT2D eigenvalue weighted by molar-refractivity contribution is 14.1. The standard InChI is InChI=1S/C19H15F2IN2O3/c1-23-18(26)24(17-13(20)8-11(22)9-14(17)21)16(25)10-19(23)6-7-27-15-5-3-2-4-12(15)19/h2-5,8-9H,6-7,10H2,1H3/t19-/m0/s1. The molecular formula is C19H15F2IN2O3. The van der Waals surface area contributed by atoms with Gasteiger partial charge in [-0.3, -0.25) is 4.79 Å². The van der Waals surface area contributed by atoms with Crippen LogP contribution in [-0.2, 0) is 10.3 Å². The number of benzene rings is 2. The fourth-order valence-corrected chi connectivity index (χ4v) is 4.38. The Hall–Kier alpha value is -2.23. The van der Waals surface area contributed by atoms with Crippen molar-refractivity contribution in [1.29, 1.82) is 0 Å². The largest absolute Gasteiger partial charge is 0.493 e. The summed E-state index contributed by atoms with van der Waals surface area (Å²) in [5.74, 6) is -1.93. The van der Waals surface area contributed by atoms with Gasteiger partial charge in [0, 0.05) is 22.6 Å². The molecule has 27 heavy (non-hydrogen) atoms. The number of fused-ring (bicyclic) bond motifs is 2. The molecule has 0 aliphatic carbocycles. The number of halogens is 3.